The van der Waals surface area contributed by atoms with Gasteiger partial charge in [0, 0.05) is 32.3 Å². The van der Waals surface area contributed by atoms with Gasteiger partial charge in [-0.2, -0.15) is 0 Å². The van der Waals surface area contributed by atoms with E-state index in [4.69, 9.17) is 4.52 Å². The Balaban J connectivity index is 0.00000364. The summed E-state index contributed by atoms with van der Waals surface area (Å²) in [4.78, 5) is 20.2. The van der Waals surface area contributed by atoms with Crippen LogP contribution < -0.4 is 16.0 Å². The molecule has 0 saturated heterocycles. The third-order valence-electron chi connectivity index (χ3n) is 3.65. The van der Waals surface area contributed by atoms with Gasteiger partial charge in [-0.1, -0.05) is 25.1 Å². The fraction of sp³-hybridized carbons (Fsp3) is 0.444. The van der Waals surface area contributed by atoms with E-state index in [-0.39, 0.29) is 29.9 Å². The first-order chi connectivity index (χ1) is 12.5. The molecule has 0 bridgehead atoms. The standard InChI is InChI=1S/C18H26N6O2.HI/c1-12(2)15-9-14(26-24-15)11-22-18(19-4)20-8-7-17(25)23-16-6-5-13(3)10-21-16;/h5-6,9-10,12H,7-8,11H2,1-4H3,(H2,19,20,22)(H,21,23,25);1H. The fourth-order valence-electron chi connectivity index (χ4n) is 2.12. The van der Waals surface area contributed by atoms with Crippen molar-refractivity contribution >= 4 is 41.7 Å². The minimum Gasteiger partial charge on any atom is -0.359 e. The molecule has 0 atom stereocenters. The monoisotopic (exact) mass is 486 g/mol. The number of hydrogen-bond donors (Lipinski definition) is 3. The Morgan fingerprint density at radius 1 is 1.30 bits per heavy atom. The van der Waals surface area contributed by atoms with Crippen LogP contribution >= 0.6 is 24.0 Å². The number of guanidine groups is 1. The van der Waals surface area contributed by atoms with E-state index < -0.39 is 0 Å². The summed E-state index contributed by atoms with van der Waals surface area (Å²) in [6, 6.07) is 5.61. The van der Waals surface area contributed by atoms with Crippen LogP contribution in [0.3, 0.4) is 0 Å². The Hall–Kier alpha value is -2.17. The molecule has 1 amide bonds. The van der Waals surface area contributed by atoms with Crippen molar-refractivity contribution in [1.29, 1.82) is 0 Å². The van der Waals surface area contributed by atoms with Crippen molar-refractivity contribution in [3.63, 3.8) is 0 Å². The number of hydrogen-bond acceptors (Lipinski definition) is 5. The van der Waals surface area contributed by atoms with Crippen molar-refractivity contribution in [1.82, 2.24) is 20.8 Å². The maximum atomic E-state index is 11.9. The van der Waals surface area contributed by atoms with Gasteiger partial charge in [0.2, 0.25) is 5.91 Å². The van der Waals surface area contributed by atoms with Gasteiger partial charge in [-0.05, 0) is 24.5 Å². The molecular weight excluding hydrogens is 459 g/mol. The van der Waals surface area contributed by atoms with Crippen molar-refractivity contribution in [3.8, 4) is 0 Å². The van der Waals surface area contributed by atoms with Crippen LogP contribution in [0.2, 0.25) is 0 Å². The molecule has 0 aliphatic heterocycles. The van der Waals surface area contributed by atoms with Crippen molar-refractivity contribution in [2.45, 2.75) is 39.7 Å². The quantitative estimate of drug-likeness (QED) is 0.316. The fourth-order valence-corrected chi connectivity index (χ4v) is 2.12. The zero-order valence-electron chi connectivity index (χ0n) is 16.1. The lowest BCUT2D eigenvalue weighted by molar-refractivity contribution is -0.116. The number of aliphatic imine (C=N–C) groups is 1. The lowest BCUT2D eigenvalue weighted by atomic mass is 10.1. The van der Waals surface area contributed by atoms with E-state index in [1.807, 2.05) is 19.1 Å². The minimum atomic E-state index is -0.110. The lowest BCUT2D eigenvalue weighted by Gasteiger charge is -2.10. The second-order valence-electron chi connectivity index (χ2n) is 6.24. The average molecular weight is 486 g/mol. The summed E-state index contributed by atoms with van der Waals surface area (Å²) in [7, 11) is 1.67. The number of carbonyl (C=O) groups is 1. The summed E-state index contributed by atoms with van der Waals surface area (Å²) < 4.78 is 5.27. The van der Waals surface area contributed by atoms with Crippen molar-refractivity contribution < 1.29 is 9.32 Å². The van der Waals surface area contributed by atoms with Gasteiger partial charge in [0.05, 0.1) is 12.2 Å². The molecule has 148 valence electrons. The van der Waals surface area contributed by atoms with E-state index in [2.05, 4.69) is 44.9 Å². The van der Waals surface area contributed by atoms with Gasteiger partial charge in [-0.3, -0.25) is 9.79 Å². The number of rotatable bonds is 7. The van der Waals surface area contributed by atoms with Gasteiger partial charge >= 0.3 is 0 Å². The van der Waals surface area contributed by atoms with E-state index in [9.17, 15) is 4.79 Å². The molecule has 2 heterocycles. The third-order valence-corrected chi connectivity index (χ3v) is 3.65. The van der Waals surface area contributed by atoms with Crippen LogP contribution in [0.4, 0.5) is 5.82 Å². The summed E-state index contributed by atoms with van der Waals surface area (Å²) in [6.45, 7) is 6.99. The first kappa shape index (κ1) is 22.9. The molecule has 3 N–H and O–H groups in total. The molecular formula is C18H27IN6O2. The molecule has 2 aromatic heterocycles. The molecule has 0 aliphatic carbocycles. The third kappa shape index (κ3) is 7.94. The molecule has 0 aliphatic rings. The number of carbonyl (C=O) groups excluding carboxylic acids is 1. The lowest BCUT2D eigenvalue weighted by Crippen LogP contribution is -2.38. The normalized spacial score (nSPS) is 11.1. The number of halogens is 1. The van der Waals surface area contributed by atoms with Gasteiger partial charge in [0.15, 0.2) is 11.7 Å². The summed E-state index contributed by atoms with van der Waals surface area (Å²) in [6.07, 6.45) is 2.02. The van der Waals surface area contributed by atoms with Crippen molar-refractivity contribution in [3.05, 3.63) is 41.4 Å². The Labute approximate surface area is 176 Å². The maximum absolute atomic E-state index is 11.9. The van der Waals surface area contributed by atoms with Crippen molar-refractivity contribution in [2.24, 2.45) is 4.99 Å². The van der Waals surface area contributed by atoms with Crippen LogP contribution in [0, 0.1) is 6.92 Å². The SMILES string of the molecule is CN=C(NCCC(=O)Nc1ccc(C)cn1)NCc1cc(C(C)C)no1.I. The Morgan fingerprint density at radius 3 is 2.67 bits per heavy atom. The molecule has 8 nitrogen and oxygen atoms in total. The van der Waals surface area contributed by atoms with Gasteiger partial charge < -0.3 is 20.5 Å². The number of aromatic nitrogens is 2. The average Bonchev–Trinajstić information content (AvgIpc) is 3.09. The second kappa shape index (κ2) is 11.5. The molecule has 0 fully saturated rings. The number of pyridine rings is 1. The smallest absolute Gasteiger partial charge is 0.227 e. The van der Waals surface area contributed by atoms with Gasteiger partial charge in [-0.15, -0.1) is 24.0 Å². The van der Waals surface area contributed by atoms with Crippen LogP contribution in [0.5, 0.6) is 0 Å². The largest absolute Gasteiger partial charge is 0.359 e. The number of nitrogens with one attached hydrogen (secondary N) is 3. The molecule has 0 spiro atoms. The van der Waals surface area contributed by atoms with Crippen LogP contribution in [0.1, 0.15) is 43.2 Å². The molecule has 27 heavy (non-hydrogen) atoms. The maximum Gasteiger partial charge on any atom is 0.227 e. The summed E-state index contributed by atoms with van der Waals surface area (Å²) in [5.74, 6) is 2.09. The topological polar surface area (TPSA) is 104 Å². The summed E-state index contributed by atoms with van der Waals surface area (Å²) >= 11 is 0. The Morgan fingerprint density at radius 2 is 2.07 bits per heavy atom. The Kier molecular flexibility index (Phi) is 9.76. The van der Waals surface area contributed by atoms with Gasteiger partial charge in [-0.25, -0.2) is 4.98 Å². The molecule has 2 rings (SSSR count). The van der Waals surface area contributed by atoms with Crippen LogP contribution in [-0.4, -0.2) is 35.6 Å². The van der Waals surface area contributed by atoms with Crippen LogP contribution in [-0.2, 0) is 11.3 Å². The highest BCUT2D eigenvalue weighted by Gasteiger charge is 2.08. The first-order valence-corrected chi connectivity index (χ1v) is 8.60. The van der Waals surface area contributed by atoms with E-state index in [0.717, 1.165) is 17.0 Å². The zero-order valence-corrected chi connectivity index (χ0v) is 18.4. The molecule has 0 unspecified atom stereocenters. The van der Waals surface area contributed by atoms with E-state index in [1.165, 1.54) is 0 Å². The van der Waals surface area contributed by atoms with Crippen LogP contribution in [0.15, 0.2) is 33.9 Å². The van der Waals surface area contributed by atoms with Gasteiger partial charge in [0.25, 0.3) is 0 Å². The van der Waals surface area contributed by atoms with E-state index in [0.29, 0.717) is 37.2 Å². The first-order valence-electron chi connectivity index (χ1n) is 8.60. The number of amides is 1. The predicted octanol–water partition coefficient (Wildman–Crippen LogP) is 2.81. The summed E-state index contributed by atoms with van der Waals surface area (Å²) in [5, 5.41) is 13.0. The zero-order chi connectivity index (χ0) is 18.9. The second-order valence-corrected chi connectivity index (χ2v) is 6.24. The minimum absolute atomic E-state index is 0. The summed E-state index contributed by atoms with van der Waals surface area (Å²) in [5.41, 5.74) is 1.97. The Bertz CT molecular complexity index is 743. The number of anilines is 1. The molecule has 2 aromatic rings. The van der Waals surface area contributed by atoms with E-state index >= 15 is 0 Å². The molecule has 9 heteroatoms. The van der Waals surface area contributed by atoms with E-state index in [1.54, 1.807) is 19.3 Å². The number of aryl methyl sites for hydroxylation is 1. The predicted molar refractivity (Wildman–Crippen MR) is 116 cm³/mol. The van der Waals surface area contributed by atoms with Crippen molar-refractivity contribution in [2.75, 3.05) is 18.9 Å². The molecule has 0 aromatic carbocycles. The molecule has 0 saturated carbocycles. The highest BCUT2D eigenvalue weighted by molar-refractivity contribution is 14.0. The molecule has 0 radical (unpaired) electrons. The highest BCUT2D eigenvalue weighted by atomic mass is 127. The highest BCUT2D eigenvalue weighted by Crippen LogP contribution is 2.13. The van der Waals surface area contributed by atoms with Gasteiger partial charge in [0.1, 0.15) is 5.82 Å². The van der Waals surface area contributed by atoms with Crippen LogP contribution in [0.25, 0.3) is 0 Å². The number of nitrogens with zero attached hydrogens (tertiary/aromatic N) is 3.